The lowest BCUT2D eigenvalue weighted by Crippen LogP contribution is -2.38. The predicted molar refractivity (Wildman–Crippen MR) is 61.3 cm³/mol. The standard InChI is InChI=1S/C10H15ClN4/c1-7-5-9(11)15-10(13-7)14-8-3-2-4-12-6-8/h5,8,12H,2-4,6H2,1H3,(H,13,14,15)/t8-/m1/s1. The summed E-state index contributed by atoms with van der Waals surface area (Å²) >= 11 is 5.86. The van der Waals surface area contributed by atoms with E-state index in [1.54, 1.807) is 6.07 Å². The number of aromatic nitrogens is 2. The van der Waals surface area contributed by atoms with Crippen molar-refractivity contribution in [3.8, 4) is 0 Å². The molecule has 1 aliphatic heterocycles. The summed E-state index contributed by atoms with van der Waals surface area (Å²) in [6.45, 7) is 3.99. The highest BCUT2D eigenvalue weighted by Gasteiger charge is 2.13. The Bertz CT molecular complexity index is 316. The van der Waals surface area contributed by atoms with Crippen molar-refractivity contribution in [2.45, 2.75) is 25.8 Å². The van der Waals surface area contributed by atoms with Crippen LogP contribution in [0.15, 0.2) is 6.07 Å². The second-order valence-corrected chi connectivity index (χ2v) is 4.23. The maximum absolute atomic E-state index is 5.86. The molecular weight excluding hydrogens is 212 g/mol. The summed E-state index contributed by atoms with van der Waals surface area (Å²) in [6.07, 6.45) is 2.35. The molecule has 1 saturated heterocycles. The third-order valence-electron chi connectivity index (χ3n) is 2.45. The van der Waals surface area contributed by atoms with E-state index in [9.17, 15) is 0 Å². The van der Waals surface area contributed by atoms with Gasteiger partial charge in [0.15, 0.2) is 0 Å². The van der Waals surface area contributed by atoms with Crippen LogP contribution in [0.1, 0.15) is 18.5 Å². The number of nitrogens with one attached hydrogen (secondary N) is 2. The lowest BCUT2D eigenvalue weighted by atomic mass is 10.1. The average molecular weight is 227 g/mol. The van der Waals surface area contributed by atoms with Crippen LogP contribution in [-0.4, -0.2) is 29.1 Å². The number of aryl methyl sites for hydroxylation is 1. The summed E-state index contributed by atoms with van der Waals surface area (Å²) < 4.78 is 0. The number of rotatable bonds is 2. The van der Waals surface area contributed by atoms with E-state index in [1.165, 1.54) is 6.42 Å². The average Bonchev–Trinajstić information content (AvgIpc) is 2.17. The first-order valence-corrected chi connectivity index (χ1v) is 5.60. The number of hydrogen-bond acceptors (Lipinski definition) is 4. The number of hydrogen-bond donors (Lipinski definition) is 2. The molecule has 2 N–H and O–H groups in total. The molecular formula is C10H15ClN4. The molecule has 0 unspecified atom stereocenters. The summed E-state index contributed by atoms with van der Waals surface area (Å²) in [5.74, 6) is 0.633. The normalized spacial score (nSPS) is 21.3. The fourth-order valence-corrected chi connectivity index (χ4v) is 1.99. The van der Waals surface area contributed by atoms with Crippen LogP contribution in [0, 0.1) is 6.92 Å². The lowest BCUT2D eigenvalue weighted by Gasteiger charge is -2.23. The summed E-state index contributed by atoms with van der Waals surface area (Å²) in [7, 11) is 0. The van der Waals surface area contributed by atoms with Crippen molar-refractivity contribution in [2.24, 2.45) is 0 Å². The molecule has 1 aromatic rings. The first-order chi connectivity index (χ1) is 7.24. The van der Waals surface area contributed by atoms with Gasteiger partial charge in [-0.05, 0) is 32.4 Å². The second kappa shape index (κ2) is 4.77. The molecule has 4 nitrogen and oxygen atoms in total. The van der Waals surface area contributed by atoms with E-state index < -0.39 is 0 Å². The minimum atomic E-state index is 0.414. The second-order valence-electron chi connectivity index (χ2n) is 3.84. The Hall–Kier alpha value is -0.870. The molecule has 5 heteroatoms. The minimum Gasteiger partial charge on any atom is -0.350 e. The summed E-state index contributed by atoms with van der Waals surface area (Å²) in [4.78, 5) is 8.44. The molecule has 15 heavy (non-hydrogen) atoms. The van der Waals surface area contributed by atoms with Crippen molar-refractivity contribution in [1.29, 1.82) is 0 Å². The molecule has 0 aromatic carbocycles. The van der Waals surface area contributed by atoms with Gasteiger partial charge in [-0.3, -0.25) is 0 Å². The molecule has 0 bridgehead atoms. The highest BCUT2D eigenvalue weighted by Crippen LogP contribution is 2.12. The zero-order chi connectivity index (χ0) is 10.7. The highest BCUT2D eigenvalue weighted by molar-refractivity contribution is 6.29. The van der Waals surface area contributed by atoms with E-state index in [1.807, 2.05) is 6.92 Å². The fourth-order valence-electron chi connectivity index (χ4n) is 1.75. The highest BCUT2D eigenvalue weighted by atomic mass is 35.5. The van der Waals surface area contributed by atoms with Gasteiger partial charge in [0.2, 0.25) is 5.95 Å². The van der Waals surface area contributed by atoms with Crippen LogP contribution in [0.25, 0.3) is 0 Å². The predicted octanol–water partition coefficient (Wildman–Crippen LogP) is 1.60. The monoisotopic (exact) mass is 226 g/mol. The van der Waals surface area contributed by atoms with Gasteiger partial charge in [-0.25, -0.2) is 9.97 Å². The van der Waals surface area contributed by atoms with Crippen molar-refractivity contribution in [1.82, 2.24) is 15.3 Å². The number of nitrogens with zero attached hydrogens (tertiary/aromatic N) is 2. The zero-order valence-electron chi connectivity index (χ0n) is 8.76. The lowest BCUT2D eigenvalue weighted by molar-refractivity contribution is 0.478. The van der Waals surface area contributed by atoms with Gasteiger partial charge in [-0.2, -0.15) is 0 Å². The summed E-state index contributed by atoms with van der Waals surface area (Å²) in [6, 6.07) is 2.17. The first-order valence-electron chi connectivity index (χ1n) is 5.22. The number of halogens is 1. The molecule has 1 aliphatic rings. The maximum Gasteiger partial charge on any atom is 0.224 e. The largest absolute Gasteiger partial charge is 0.350 e. The Kier molecular flexibility index (Phi) is 3.38. The first kappa shape index (κ1) is 10.6. The Morgan fingerprint density at radius 1 is 1.53 bits per heavy atom. The van der Waals surface area contributed by atoms with Gasteiger partial charge < -0.3 is 10.6 Å². The molecule has 0 spiro atoms. The molecule has 0 amide bonds. The van der Waals surface area contributed by atoms with Gasteiger partial charge in [0.25, 0.3) is 0 Å². The Morgan fingerprint density at radius 2 is 2.40 bits per heavy atom. The van der Waals surface area contributed by atoms with Crippen molar-refractivity contribution in [3.05, 3.63) is 16.9 Å². The van der Waals surface area contributed by atoms with Crippen LogP contribution in [0.5, 0.6) is 0 Å². The molecule has 82 valence electrons. The van der Waals surface area contributed by atoms with Crippen LogP contribution < -0.4 is 10.6 Å². The summed E-state index contributed by atoms with van der Waals surface area (Å²) in [5, 5.41) is 7.12. The Labute approximate surface area is 94.5 Å². The van der Waals surface area contributed by atoms with Crippen LogP contribution in [0.3, 0.4) is 0 Å². The quantitative estimate of drug-likeness (QED) is 0.753. The number of anilines is 1. The molecule has 2 heterocycles. The van der Waals surface area contributed by atoms with E-state index in [0.717, 1.165) is 25.2 Å². The molecule has 1 aromatic heterocycles. The molecule has 2 rings (SSSR count). The van der Waals surface area contributed by atoms with E-state index in [4.69, 9.17) is 11.6 Å². The fraction of sp³-hybridized carbons (Fsp3) is 0.600. The summed E-state index contributed by atoms with van der Waals surface area (Å²) in [5.41, 5.74) is 0.890. The molecule has 0 radical (unpaired) electrons. The Morgan fingerprint density at radius 3 is 3.07 bits per heavy atom. The smallest absolute Gasteiger partial charge is 0.224 e. The molecule has 0 saturated carbocycles. The molecule has 1 atom stereocenters. The molecule has 1 fully saturated rings. The molecule has 0 aliphatic carbocycles. The van der Waals surface area contributed by atoms with Crippen molar-refractivity contribution in [3.63, 3.8) is 0 Å². The van der Waals surface area contributed by atoms with Gasteiger partial charge >= 0.3 is 0 Å². The zero-order valence-corrected chi connectivity index (χ0v) is 9.51. The van der Waals surface area contributed by atoms with Gasteiger partial charge in [0.05, 0.1) is 0 Å². The van der Waals surface area contributed by atoms with Gasteiger partial charge in [-0.15, -0.1) is 0 Å². The van der Waals surface area contributed by atoms with Crippen LogP contribution >= 0.6 is 11.6 Å². The SMILES string of the molecule is Cc1cc(Cl)nc(N[C@@H]2CCCNC2)n1. The van der Waals surface area contributed by atoms with Crippen LogP contribution in [-0.2, 0) is 0 Å². The van der Waals surface area contributed by atoms with Crippen LogP contribution in [0.2, 0.25) is 5.15 Å². The third-order valence-corrected chi connectivity index (χ3v) is 2.65. The van der Waals surface area contributed by atoms with Crippen molar-refractivity contribution < 1.29 is 0 Å². The maximum atomic E-state index is 5.86. The Balaban J connectivity index is 2.02. The number of piperidine rings is 1. The van der Waals surface area contributed by atoms with Crippen molar-refractivity contribution in [2.75, 3.05) is 18.4 Å². The van der Waals surface area contributed by atoms with Gasteiger partial charge in [-0.1, -0.05) is 11.6 Å². The van der Waals surface area contributed by atoms with Crippen LogP contribution in [0.4, 0.5) is 5.95 Å². The van der Waals surface area contributed by atoms with E-state index in [2.05, 4.69) is 20.6 Å². The minimum absolute atomic E-state index is 0.414. The van der Waals surface area contributed by atoms with E-state index in [0.29, 0.717) is 17.1 Å². The van der Waals surface area contributed by atoms with Gasteiger partial charge in [0.1, 0.15) is 5.15 Å². The third kappa shape index (κ3) is 3.04. The van der Waals surface area contributed by atoms with Gasteiger partial charge in [0, 0.05) is 18.3 Å². The van der Waals surface area contributed by atoms with E-state index in [-0.39, 0.29) is 0 Å². The van der Waals surface area contributed by atoms with E-state index >= 15 is 0 Å². The van der Waals surface area contributed by atoms with Crippen molar-refractivity contribution >= 4 is 17.5 Å². The topological polar surface area (TPSA) is 49.8 Å².